The number of aromatic nitrogens is 6. The first-order valence-electron chi connectivity index (χ1n) is 13.7. The molecule has 0 N–H and O–H groups in total. The van der Waals surface area contributed by atoms with Gasteiger partial charge in [0.25, 0.3) is 0 Å². The first-order valence-corrected chi connectivity index (χ1v) is 13.7. The summed E-state index contributed by atoms with van der Waals surface area (Å²) in [6.07, 6.45) is 0.285. The van der Waals surface area contributed by atoms with E-state index in [0.717, 1.165) is 35.9 Å². The molecule has 4 aromatic rings. The van der Waals surface area contributed by atoms with Crippen LogP contribution in [0.1, 0.15) is 62.0 Å². The number of nitrogens with zero attached hydrogens (tertiary/aromatic N) is 7. The summed E-state index contributed by atoms with van der Waals surface area (Å²) in [5, 5.41) is 4.80. The second-order valence-electron chi connectivity index (χ2n) is 10.7. The summed E-state index contributed by atoms with van der Waals surface area (Å²) < 4.78 is 54.9. The van der Waals surface area contributed by atoms with Crippen LogP contribution in [-0.4, -0.2) is 49.4 Å². The summed E-state index contributed by atoms with van der Waals surface area (Å²) in [6, 6.07) is 6.77. The minimum absolute atomic E-state index is 0.0687. The van der Waals surface area contributed by atoms with E-state index in [0.29, 0.717) is 41.2 Å². The number of carbonyl (C=O) groups is 1. The van der Waals surface area contributed by atoms with Gasteiger partial charge in [-0.3, -0.25) is 9.69 Å². The molecule has 13 heteroatoms. The molecule has 1 aromatic carbocycles. The molecule has 1 amide bonds. The number of hydrogen-bond acceptors (Lipinski definition) is 7. The smallest absolute Gasteiger partial charge is 0.434 e. The lowest BCUT2D eigenvalue weighted by Gasteiger charge is -2.27. The molecule has 0 radical (unpaired) electrons. The fraction of sp³-hybridized carbons (Fsp3) is 0.414. The van der Waals surface area contributed by atoms with Crippen LogP contribution in [0.25, 0.3) is 22.6 Å². The number of carbonyl (C=O) groups excluding carboxylic acids is 1. The van der Waals surface area contributed by atoms with Crippen LogP contribution in [-0.2, 0) is 24.1 Å². The molecule has 1 saturated carbocycles. The van der Waals surface area contributed by atoms with E-state index in [2.05, 4.69) is 15.0 Å². The number of benzene rings is 1. The number of methoxy groups -OCH3 is 2. The Morgan fingerprint density at radius 3 is 2.55 bits per heavy atom. The third-order valence-electron chi connectivity index (χ3n) is 7.56. The number of anilines is 1. The topological polar surface area (TPSA) is 100 Å². The maximum absolute atomic E-state index is 13.5. The van der Waals surface area contributed by atoms with Gasteiger partial charge in [0.15, 0.2) is 5.69 Å². The van der Waals surface area contributed by atoms with E-state index >= 15 is 0 Å². The number of hydrogen-bond donors (Lipinski definition) is 0. The van der Waals surface area contributed by atoms with Crippen molar-refractivity contribution in [3.8, 4) is 34.3 Å². The van der Waals surface area contributed by atoms with Crippen LogP contribution in [0.3, 0.4) is 0 Å². The van der Waals surface area contributed by atoms with Crippen molar-refractivity contribution in [2.24, 2.45) is 0 Å². The van der Waals surface area contributed by atoms with Crippen molar-refractivity contribution in [3.05, 3.63) is 53.7 Å². The Kier molecular flexibility index (Phi) is 6.90. The van der Waals surface area contributed by atoms with E-state index in [1.54, 1.807) is 48.7 Å². The number of halogens is 3. The molecule has 220 valence electrons. The summed E-state index contributed by atoms with van der Waals surface area (Å²) in [6.45, 7) is 4.22. The molecular formula is C29H30F3N7O3. The molecule has 0 unspecified atom stereocenters. The Balaban J connectivity index is 1.35. The lowest BCUT2D eigenvalue weighted by atomic mass is 10.1. The molecule has 4 heterocycles. The molecular weight excluding hydrogens is 551 g/mol. The number of imidazole rings is 1. The summed E-state index contributed by atoms with van der Waals surface area (Å²) in [5.41, 5.74) is 2.46. The van der Waals surface area contributed by atoms with Crippen LogP contribution in [0, 0.1) is 0 Å². The van der Waals surface area contributed by atoms with Crippen molar-refractivity contribution in [2.45, 2.75) is 64.3 Å². The van der Waals surface area contributed by atoms with Crippen LogP contribution >= 0.6 is 0 Å². The molecule has 42 heavy (non-hydrogen) atoms. The first kappa shape index (κ1) is 27.7. The number of ether oxygens (including phenoxy) is 2. The van der Waals surface area contributed by atoms with Gasteiger partial charge < -0.3 is 14.0 Å². The quantitative estimate of drug-likeness (QED) is 0.266. The number of alkyl halides is 3. The molecule has 3 aromatic heterocycles. The van der Waals surface area contributed by atoms with Crippen LogP contribution < -0.4 is 14.4 Å². The normalized spacial score (nSPS) is 15.3. The standard InChI is InChI=1S/C29H30F3N7O3/c1-16(2)37-14-22(29(30,31)32)35-27(37)19-8-5-17(11-21(19)41-3)13-38-23-12-20(36-39(23)10-9-24(38)40)25-26(18-6-7-18)33-15-34-28(25)42-4/h5,8,11-12,14-16,18H,6-7,9-10,13H2,1-4H3. The Bertz CT molecular complexity index is 1660. The van der Waals surface area contributed by atoms with E-state index in [9.17, 15) is 18.0 Å². The van der Waals surface area contributed by atoms with Gasteiger partial charge in [0.05, 0.1) is 44.1 Å². The fourth-order valence-electron chi connectivity index (χ4n) is 5.31. The van der Waals surface area contributed by atoms with E-state index in [1.807, 2.05) is 6.07 Å². The summed E-state index contributed by atoms with van der Waals surface area (Å²) in [4.78, 5) is 27.5. The molecule has 1 aliphatic heterocycles. The molecule has 0 atom stereocenters. The minimum Gasteiger partial charge on any atom is -0.496 e. The SMILES string of the molecule is COc1cc(CN2C(=O)CCn3nc(-c4c(OC)ncnc4C4CC4)cc32)ccc1-c1nc(C(F)(F)F)cn1C(C)C. The highest BCUT2D eigenvalue weighted by atomic mass is 19.4. The predicted octanol–water partition coefficient (Wildman–Crippen LogP) is 5.63. The Morgan fingerprint density at radius 1 is 1.10 bits per heavy atom. The van der Waals surface area contributed by atoms with Crippen LogP contribution in [0.5, 0.6) is 11.6 Å². The molecule has 6 rings (SSSR count). The van der Waals surface area contributed by atoms with Gasteiger partial charge >= 0.3 is 6.18 Å². The molecule has 2 aliphatic rings. The second kappa shape index (κ2) is 10.4. The van der Waals surface area contributed by atoms with Gasteiger partial charge in [0, 0.05) is 30.6 Å². The van der Waals surface area contributed by atoms with Gasteiger partial charge in [-0.05, 0) is 44.4 Å². The molecule has 0 bridgehead atoms. The fourth-order valence-corrected chi connectivity index (χ4v) is 5.31. The summed E-state index contributed by atoms with van der Waals surface area (Å²) in [7, 11) is 3.01. The highest BCUT2D eigenvalue weighted by molar-refractivity contribution is 5.94. The van der Waals surface area contributed by atoms with Crippen molar-refractivity contribution < 1.29 is 27.4 Å². The first-order chi connectivity index (χ1) is 20.1. The molecule has 1 aliphatic carbocycles. The van der Waals surface area contributed by atoms with Crippen LogP contribution in [0.2, 0.25) is 0 Å². The zero-order valence-corrected chi connectivity index (χ0v) is 23.6. The maximum atomic E-state index is 13.5. The molecule has 1 fully saturated rings. The summed E-state index contributed by atoms with van der Waals surface area (Å²) in [5.74, 6) is 1.84. The Labute approximate surface area is 240 Å². The number of amides is 1. The monoisotopic (exact) mass is 581 g/mol. The number of aryl methyl sites for hydroxylation is 1. The zero-order valence-electron chi connectivity index (χ0n) is 23.6. The third-order valence-corrected chi connectivity index (χ3v) is 7.56. The molecule has 0 spiro atoms. The van der Waals surface area contributed by atoms with Crippen LogP contribution in [0.4, 0.5) is 19.0 Å². The Morgan fingerprint density at radius 2 is 1.88 bits per heavy atom. The Hall–Kier alpha value is -4.42. The van der Waals surface area contributed by atoms with E-state index in [-0.39, 0.29) is 30.7 Å². The average Bonchev–Trinajstić information content (AvgIpc) is 3.55. The molecule has 0 saturated heterocycles. The van der Waals surface area contributed by atoms with Gasteiger partial charge in [0.2, 0.25) is 11.8 Å². The third kappa shape index (κ3) is 4.96. The minimum atomic E-state index is -4.58. The van der Waals surface area contributed by atoms with E-state index in [4.69, 9.17) is 14.6 Å². The van der Waals surface area contributed by atoms with Crippen molar-refractivity contribution in [3.63, 3.8) is 0 Å². The van der Waals surface area contributed by atoms with Gasteiger partial charge in [-0.25, -0.2) is 19.6 Å². The largest absolute Gasteiger partial charge is 0.496 e. The second-order valence-corrected chi connectivity index (χ2v) is 10.7. The van der Waals surface area contributed by atoms with E-state index in [1.165, 1.54) is 18.0 Å². The van der Waals surface area contributed by atoms with Crippen molar-refractivity contribution >= 4 is 11.7 Å². The van der Waals surface area contributed by atoms with Gasteiger partial charge in [0.1, 0.15) is 29.4 Å². The van der Waals surface area contributed by atoms with E-state index < -0.39 is 11.9 Å². The average molecular weight is 582 g/mol. The molecule has 10 nitrogen and oxygen atoms in total. The van der Waals surface area contributed by atoms with Gasteiger partial charge in [-0.15, -0.1) is 0 Å². The van der Waals surface area contributed by atoms with Gasteiger partial charge in [-0.1, -0.05) is 6.07 Å². The summed E-state index contributed by atoms with van der Waals surface area (Å²) >= 11 is 0. The number of rotatable bonds is 8. The highest BCUT2D eigenvalue weighted by Crippen LogP contribution is 2.46. The predicted molar refractivity (Wildman–Crippen MR) is 147 cm³/mol. The lowest BCUT2D eigenvalue weighted by Crippen LogP contribution is -2.36. The zero-order chi connectivity index (χ0) is 29.8. The highest BCUT2D eigenvalue weighted by Gasteiger charge is 2.36. The number of fused-ring (bicyclic) bond motifs is 1. The van der Waals surface area contributed by atoms with Crippen LogP contribution in [0.15, 0.2) is 36.8 Å². The van der Waals surface area contributed by atoms with Crippen molar-refractivity contribution in [2.75, 3.05) is 19.1 Å². The van der Waals surface area contributed by atoms with Crippen molar-refractivity contribution in [1.29, 1.82) is 0 Å². The lowest BCUT2D eigenvalue weighted by molar-refractivity contribution is -0.141. The maximum Gasteiger partial charge on any atom is 0.434 e. The van der Waals surface area contributed by atoms with Crippen molar-refractivity contribution in [1.82, 2.24) is 29.3 Å². The van der Waals surface area contributed by atoms with Gasteiger partial charge in [-0.2, -0.15) is 18.3 Å².